The highest BCUT2D eigenvalue weighted by Crippen LogP contribution is 2.18. The van der Waals surface area contributed by atoms with E-state index < -0.39 is 0 Å². The van der Waals surface area contributed by atoms with Crippen LogP contribution in [0.2, 0.25) is 0 Å². The fourth-order valence-corrected chi connectivity index (χ4v) is 1.79. The van der Waals surface area contributed by atoms with Crippen molar-refractivity contribution in [1.82, 2.24) is 0 Å². The fraction of sp³-hybridized carbons (Fsp3) is 0.429. The molecule has 0 bridgehead atoms. The van der Waals surface area contributed by atoms with Crippen LogP contribution in [0.15, 0.2) is 10.8 Å². The molecule has 1 nitrogen and oxygen atoms in total. The largest absolute Gasteiger partial charge is 0.324 e. The summed E-state index contributed by atoms with van der Waals surface area (Å²) in [5, 5.41) is 4.23. The quantitative estimate of drug-likeness (QED) is 0.636. The highest BCUT2D eigenvalue weighted by molar-refractivity contribution is 7.08. The van der Waals surface area contributed by atoms with Crippen molar-refractivity contribution in [1.29, 1.82) is 0 Å². The molecule has 0 radical (unpaired) electrons. The van der Waals surface area contributed by atoms with E-state index in [1.54, 1.807) is 11.3 Å². The fourth-order valence-electron chi connectivity index (χ4n) is 0.837. The molecule has 0 amide bonds. The highest BCUT2D eigenvalue weighted by atomic mass is 32.1. The second kappa shape index (κ2) is 2.50. The summed E-state index contributed by atoms with van der Waals surface area (Å²) in [5.41, 5.74) is 8.26. The minimum Gasteiger partial charge on any atom is -0.324 e. The lowest BCUT2D eigenvalue weighted by Gasteiger charge is -2.01. The lowest BCUT2D eigenvalue weighted by atomic mass is 10.1. The third-order valence-electron chi connectivity index (χ3n) is 1.39. The number of thiophene rings is 1. The molecule has 0 saturated carbocycles. The van der Waals surface area contributed by atoms with Gasteiger partial charge in [-0.15, -0.1) is 0 Å². The first-order valence-corrected chi connectivity index (χ1v) is 3.94. The van der Waals surface area contributed by atoms with Crippen LogP contribution in [0.4, 0.5) is 0 Å². The second-order valence-corrected chi connectivity index (χ2v) is 3.04. The van der Waals surface area contributed by atoms with Gasteiger partial charge in [-0.1, -0.05) is 0 Å². The summed E-state index contributed by atoms with van der Waals surface area (Å²) in [4.78, 5) is 0. The van der Waals surface area contributed by atoms with E-state index in [1.165, 1.54) is 11.1 Å². The standard InChI is InChI=1S/C7H11NS/c1-5-3-9-4-7(5)6(2)8/h3-4,6H,8H2,1-2H3/t6-/m0/s1. The molecule has 0 aromatic carbocycles. The molecule has 0 aliphatic rings. The lowest BCUT2D eigenvalue weighted by molar-refractivity contribution is 0.815. The molecule has 0 spiro atoms. The lowest BCUT2D eigenvalue weighted by Crippen LogP contribution is -2.04. The first-order valence-electron chi connectivity index (χ1n) is 3.00. The molecule has 1 aromatic rings. The topological polar surface area (TPSA) is 26.0 Å². The summed E-state index contributed by atoms with van der Waals surface area (Å²) in [6.45, 7) is 4.10. The van der Waals surface area contributed by atoms with Gasteiger partial charge in [0, 0.05) is 6.04 Å². The third kappa shape index (κ3) is 1.32. The molecule has 0 aliphatic carbocycles. The van der Waals surface area contributed by atoms with Crippen molar-refractivity contribution in [2.75, 3.05) is 0 Å². The monoisotopic (exact) mass is 141 g/mol. The summed E-state index contributed by atoms with van der Waals surface area (Å²) in [5.74, 6) is 0. The Kier molecular flexibility index (Phi) is 1.88. The number of hydrogen-bond donors (Lipinski definition) is 1. The van der Waals surface area contributed by atoms with E-state index in [-0.39, 0.29) is 6.04 Å². The SMILES string of the molecule is Cc1cscc1[C@H](C)N. The Hall–Kier alpha value is -0.340. The number of hydrogen-bond acceptors (Lipinski definition) is 2. The summed E-state index contributed by atoms with van der Waals surface area (Å²) >= 11 is 1.71. The van der Waals surface area contributed by atoms with Crippen molar-refractivity contribution in [2.45, 2.75) is 19.9 Å². The zero-order valence-corrected chi connectivity index (χ0v) is 6.53. The van der Waals surface area contributed by atoms with Crippen LogP contribution in [0.3, 0.4) is 0 Å². The average Bonchev–Trinajstić information content (AvgIpc) is 2.13. The van der Waals surface area contributed by atoms with Crippen LogP contribution in [0.1, 0.15) is 24.1 Å². The Balaban J connectivity index is 2.94. The summed E-state index contributed by atoms with van der Waals surface area (Å²) < 4.78 is 0. The van der Waals surface area contributed by atoms with Gasteiger partial charge in [0.1, 0.15) is 0 Å². The maximum atomic E-state index is 5.67. The van der Waals surface area contributed by atoms with Crippen molar-refractivity contribution in [3.05, 3.63) is 21.9 Å². The van der Waals surface area contributed by atoms with E-state index in [4.69, 9.17) is 5.73 Å². The van der Waals surface area contributed by atoms with Gasteiger partial charge in [0.15, 0.2) is 0 Å². The van der Waals surface area contributed by atoms with Crippen molar-refractivity contribution in [2.24, 2.45) is 5.73 Å². The molecular weight excluding hydrogens is 130 g/mol. The van der Waals surface area contributed by atoms with Gasteiger partial charge in [0.05, 0.1) is 0 Å². The zero-order valence-electron chi connectivity index (χ0n) is 5.72. The molecule has 0 saturated heterocycles. The van der Waals surface area contributed by atoms with Gasteiger partial charge in [0.25, 0.3) is 0 Å². The minimum absolute atomic E-state index is 0.191. The first-order chi connectivity index (χ1) is 4.22. The molecule has 1 atom stereocenters. The Morgan fingerprint density at radius 1 is 1.56 bits per heavy atom. The Morgan fingerprint density at radius 2 is 2.22 bits per heavy atom. The van der Waals surface area contributed by atoms with Crippen LogP contribution in [0.25, 0.3) is 0 Å². The maximum absolute atomic E-state index is 5.67. The van der Waals surface area contributed by atoms with E-state index in [0.717, 1.165) is 0 Å². The molecule has 0 unspecified atom stereocenters. The summed E-state index contributed by atoms with van der Waals surface area (Å²) in [6, 6.07) is 0.191. The molecule has 1 rings (SSSR count). The predicted molar refractivity (Wildman–Crippen MR) is 41.7 cm³/mol. The van der Waals surface area contributed by atoms with Crippen LogP contribution in [-0.2, 0) is 0 Å². The van der Waals surface area contributed by atoms with Crippen LogP contribution < -0.4 is 5.73 Å². The summed E-state index contributed by atoms with van der Waals surface area (Å²) in [6.07, 6.45) is 0. The van der Waals surface area contributed by atoms with Gasteiger partial charge >= 0.3 is 0 Å². The molecule has 2 heteroatoms. The molecule has 1 heterocycles. The Morgan fingerprint density at radius 3 is 2.44 bits per heavy atom. The number of nitrogens with two attached hydrogens (primary N) is 1. The van der Waals surface area contributed by atoms with E-state index in [9.17, 15) is 0 Å². The first kappa shape index (κ1) is 6.78. The van der Waals surface area contributed by atoms with E-state index in [1.807, 2.05) is 6.92 Å². The Labute approximate surface area is 59.5 Å². The zero-order chi connectivity index (χ0) is 6.85. The van der Waals surface area contributed by atoms with Gasteiger partial charge in [-0.2, -0.15) is 11.3 Å². The highest BCUT2D eigenvalue weighted by Gasteiger charge is 2.01. The van der Waals surface area contributed by atoms with E-state index >= 15 is 0 Å². The molecule has 1 aromatic heterocycles. The van der Waals surface area contributed by atoms with E-state index in [2.05, 4.69) is 17.7 Å². The van der Waals surface area contributed by atoms with Gasteiger partial charge in [0.2, 0.25) is 0 Å². The predicted octanol–water partition coefficient (Wildman–Crippen LogP) is 2.08. The minimum atomic E-state index is 0.191. The van der Waals surface area contributed by atoms with Crippen molar-refractivity contribution < 1.29 is 0 Å². The third-order valence-corrected chi connectivity index (χ3v) is 2.27. The molecular formula is C7H11NS. The van der Waals surface area contributed by atoms with Gasteiger partial charge < -0.3 is 5.73 Å². The van der Waals surface area contributed by atoms with Crippen molar-refractivity contribution in [3.63, 3.8) is 0 Å². The van der Waals surface area contributed by atoms with Crippen LogP contribution >= 0.6 is 11.3 Å². The summed E-state index contributed by atoms with van der Waals surface area (Å²) in [7, 11) is 0. The van der Waals surface area contributed by atoms with Gasteiger partial charge in [-0.05, 0) is 35.7 Å². The Bertz CT molecular complexity index is 191. The second-order valence-electron chi connectivity index (χ2n) is 2.30. The van der Waals surface area contributed by atoms with Gasteiger partial charge in [-0.25, -0.2) is 0 Å². The van der Waals surface area contributed by atoms with Crippen LogP contribution in [0, 0.1) is 6.92 Å². The average molecular weight is 141 g/mol. The smallest absolute Gasteiger partial charge is 0.0277 e. The van der Waals surface area contributed by atoms with E-state index in [0.29, 0.717) is 0 Å². The number of rotatable bonds is 1. The number of aryl methyl sites for hydroxylation is 1. The molecule has 0 fully saturated rings. The molecule has 0 aliphatic heterocycles. The van der Waals surface area contributed by atoms with Crippen molar-refractivity contribution in [3.8, 4) is 0 Å². The molecule has 50 valence electrons. The molecule has 2 N–H and O–H groups in total. The normalized spacial score (nSPS) is 13.7. The maximum Gasteiger partial charge on any atom is 0.0277 e. The van der Waals surface area contributed by atoms with Crippen molar-refractivity contribution >= 4 is 11.3 Å². The van der Waals surface area contributed by atoms with Crippen LogP contribution in [-0.4, -0.2) is 0 Å². The van der Waals surface area contributed by atoms with Gasteiger partial charge in [-0.3, -0.25) is 0 Å². The molecule has 9 heavy (non-hydrogen) atoms. The van der Waals surface area contributed by atoms with Crippen LogP contribution in [0.5, 0.6) is 0 Å².